The minimum absolute atomic E-state index is 0.164. The van der Waals surface area contributed by atoms with E-state index in [1.807, 2.05) is 19.1 Å². The van der Waals surface area contributed by atoms with Crippen LogP contribution in [0.4, 0.5) is 5.82 Å². The van der Waals surface area contributed by atoms with Gasteiger partial charge >= 0.3 is 0 Å². The number of benzene rings is 1. The number of aromatic nitrogens is 1. The highest BCUT2D eigenvalue weighted by Gasteiger charge is 2.43. The quantitative estimate of drug-likeness (QED) is 0.754. The Morgan fingerprint density at radius 2 is 2.03 bits per heavy atom. The molecule has 2 aromatic rings. The number of hydrogen-bond acceptors (Lipinski definition) is 6. The molecule has 8 heteroatoms. The molecule has 1 saturated heterocycles. The van der Waals surface area contributed by atoms with E-state index in [1.165, 1.54) is 0 Å². The molecular weight excluding hydrogens is 370 g/mol. The zero-order valence-electron chi connectivity index (χ0n) is 16.0. The predicted octanol–water partition coefficient (Wildman–Crippen LogP) is 1.83. The van der Waals surface area contributed by atoms with Crippen LogP contribution in [0.3, 0.4) is 0 Å². The van der Waals surface area contributed by atoms with Crippen molar-refractivity contribution >= 4 is 23.5 Å². The molecule has 0 aliphatic carbocycles. The highest BCUT2D eigenvalue weighted by atomic mass is 16.2. The second kappa shape index (κ2) is 6.71. The van der Waals surface area contributed by atoms with E-state index in [0.717, 1.165) is 16.7 Å². The number of nitrogens with one attached hydrogen (secondary N) is 1. The molecule has 3 heterocycles. The predicted molar refractivity (Wildman–Crippen MR) is 104 cm³/mol. The fraction of sp³-hybridized carbons (Fsp3) is 0.286. The highest BCUT2D eigenvalue weighted by molar-refractivity contribution is 6.06. The van der Waals surface area contributed by atoms with Gasteiger partial charge in [0.05, 0.1) is 17.3 Å². The van der Waals surface area contributed by atoms with Crippen molar-refractivity contribution in [2.45, 2.75) is 38.8 Å². The summed E-state index contributed by atoms with van der Waals surface area (Å²) in [6, 6.07) is 8.22. The lowest BCUT2D eigenvalue weighted by molar-refractivity contribution is -0.137. The van der Waals surface area contributed by atoms with E-state index in [2.05, 4.69) is 10.3 Å². The van der Waals surface area contributed by atoms with Crippen LogP contribution in [-0.2, 0) is 9.59 Å². The molecule has 1 aromatic heterocycles. The first-order valence-electron chi connectivity index (χ1n) is 9.29. The van der Waals surface area contributed by atoms with E-state index >= 15 is 0 Å². The Kier molecular flexibility index (Phi) is 4.31. The number of carbonyl (C=O) groups is 3. The van der Waals surface area contributed by atoms with Gasteiger partial charge in [-0.1, -0.05) is 6.07 Å². The summed E-state index contributed by atoms with van der Waals surface area (Å²) in [5.74, 6) is -0.814. The fourth-order valence-corrected chi connectivity index (χ4v) is 4.08. The number of nitrogen functional groups attached to an aromatic ring is 1. The van der Waals surface area contributed by atoms with E-state index in [9.17, 15) is 19.6 Å². The van der Waals surface area contributed by atoms with E-state index in [1.54, 1.807) is 30.0 Å². The third-order valence-corrected chi connectivity index (χ3v) is 5.58. The van der Waals surface area contributed by atoms with Crippen LogP contribution in [0.2, 0.25) is 0 Å². The van der Waals surface area contributed by atoms with Gasteiger partial charge in [0.1, 0.15) is 17.9 Å². The number of pyridine rings is 1. The van der Waals surface area contributed by atoms with Gasteiger partial charge in [-0.2, -0.15) is 5.26 Å². The SMILES string of the molecule is Cc1cc(-c2ccc3c(c2)[C@@H](C)N(C2CCC(=O)NC2=O)C3=O)nc(N)c1C#N. The number of nitrogens with zero attached hydrogens (tertiary/aromatic N) is 3. The Morgan fingerprint density at radius 3 is 2.69 bits per heavy atom. The van der Waals surface area contributed by atoms with Gasteiger partial charge in [0.2, 0.25) is 11.8 Å². The van der Waals surface area contributed by atoms with Crippen LogP contribution >= 0.6 is 0 Å². The van der Waals surface area contributed by atoms with Crippen LogP contribution in [-0.4, -0.2) is 33.6 Å². The largest absolute Gasteiger partial charge is 0.383 e. The van der Waals surface area contributed by atoms with Crippen LogP contribution in [0.5, 0.6) is 0 Å². The van der Waals surface area contributed by atoms with Crippen molar-refractivity contribution in [2.75, 3.05) is 5.73 Å². The van der Waals surface area contributed by atoms with E-state index in [-0.39, 0.29) is 30.1 Å². The molecule has 4 rings (SSSR count). The molecule has 2 aliphatic rings. The molecular formula is C21H19N5O3. The average molecular weight is 389 g/mol. The molecule has 3 amide bonds. The van der Waals surface area contributed by atoms with Gasteiger partial charge in [0.25, 0.3) is 5.91 Å². The molecule has 29 heavy (non-hydrogen) atoms. The van der Waals surface area contributed by atoms with Crippen LogP contribution in [0.25, 0.3) is 11.3 Å². The summed E-state index contributed by atoms with van der Waals surface area (Å²) in [6.45, 7) is 3.66. The van der Waals surface area contributed by atoms with Crippen LogP contribution in [0.1, 0.15) is 52.9 Å². The Hall–Kier alpha value is -3.73. The molecule has 0 radical (unpaired) electrons. The van der Waals surface area contributed by atoms with Crippen LogP contribution < -0.4 is 11.1 Å². The zero-order chi connectivity index (χ0) is 20.9. The van der Waals surface area contributed by atoms with Crippen molar-refractivity contribution in [1.29, 1.82) is 5.26 Å². The summed E-state index contributed by atoms with van der Waals surface area (Å²) in [7, 11) is 0. The van der Waals surface area contributed by atoms with Gasteiger partial charge in [-0.05, 0) is 49.6 Å². The third kappa shape index (κ3) is 2.91. The molecule has 146 valence electrons. The first kappa shape index (κ1) is 18.6. The van der Waals surface area contributed by atoms with Gasteiger partial charge in [0.15, 0.2) is 0 Å². The summed E-state index contributed by atoms with van der Waals surface area (Å²) in [6.07, 6.45) is 0.525. The minimum Gasteiger partial charge on any atom is -0.383 e. The summed E-state index contributed by atoms with van der Waals surface area (Å²) in [4.78, 5) is 42.6. The monoisotopic (exact) mass is 389 g/mol. The number of nitrogens with two attached hydrogens (primary N) is 1. The number of piperidine rings is 1. The molecule has 8 nitrogen and oxygen atoms in total. The molecule has 0 spiro atoms. The van der Waals surface area contributed by atoms with E-state index in [4.69, 9.17) is 5.73 Å². The van der Waals surface area contributed by atoms with Gasteiger partial charge in [-0.15, -0.1) is 0 Å². The number of nitriles is 1. The Morgan fingerprint density at radius 1 is 1.28 bits per heavy atom. The maximum Gasteiger partial charge on any atom is 0.255 e. The number of hydrogen-bond donors (Lipinski definition) is 2. The lowest BCUT2D eigenvalue weighted by atomic mass is 9.98. The Balaban J connectivity index is 1.71. The normalized spacial score (nSPS) is 21.0. The standard InChI is InChI=1S/C21H19N5O3/c1-10-7-16(24-19(23)15(10)9-22)12-3-4-13-14(8-12)11(2)26(21(13)29)17-5-6-18(27)25-20(17)28/h3-4,7-8,11,17H,5-6H2,1-2H3,(H2,23,24)(H,25,27,28)/t11-,17?/m1/s1. The third-order valence-electron chi connectivity index (χ3n) is 5.58. The highest BCUT2D eigenvalue weighted by Crippen LogP contribution is 2.38. The Labute approximate surface area is 167 Å². The number of fused-ring (bicyclic) bond motifs is 1. The van der Waals surface area contributed by atoms with E-state index in [0.29, 0.717) is 23.2 Å². The van der Waals surface area contributed by atoms with E-state index < -0.39 is 11.9 Å². The number of imide groups is 1. The molecule has 2 atom stereocenters. The van der Waals surface area contributed by atoms with Crippen molar-refractivity contribution in [1.82, 2.24) is 15.2 Å². The molecule has 1 unspecified atom stereocenters. The van der Waals surface area contributed by atoms with Crippen LogP contribution in [0.15, 0.2) is 24.3 Å². The summed E-state index contributed by atoms with van der Waals surface area (Å²) < 4.78 is 0. The first-order valence-corrected chi connectivity index (χ1v) is 9.29. The number of amides is 3. The van der Waals surface area contributed by atoms with Crippen molar-refractivity contribution in [3.63, 3.8) is 0 Å². The van der Waals surface area contributed by atoms with Crippen LogP contribution in [0, 0.1) is 18.3 Å². The minimum atomic E-state index is -0.669. The smallest absolute Gasteiger partial charge is 0.255 e. The zero-order valence-corrected chi connectivity index (χ0v) is 16.0. The lowest BCUT2D eigenvalue weighted by Gasteiger charge is -2.32. The maximum absolute atomic E-state index is 13.0. The number of carbonyl (C=O) groups excluding carboxylic acids is 3. The van der Waals surface area contributed by atoms with Crippen molar-refractivity contribution in [3.8, 4) is 17.3 Å². The Bertz CT molecular complexity index is 1090. The molecule has 0 bridgehead atoms. The lowest BCUT2D eigenvalue weighted by Crippen LogP contribution is -2.53. The van der Waals surface area contributed by atoms with Crippen molar-refractivity contribution in [3.05, 3.63) is 46.5 Å². The second-order valence-electron chi connectivity index (χ2n) is 7.35. The van der Waals surface area contributed by atoms with Gasteiger partial charge in [-0.25, -0.2) is 4.98 Å². The van der Waals surface area contributed by atoms with Gasteiger partial charge < -0.3 is 10.6 Å². The topological polar surface area (TPSA) is 129 Å². The summed E-state index contributed by atoms with van der Waals surface area (Å²) in [5.41, 5.74) is 9.69. The molecule has 2 aliphatic heterocycles. The summed E-state index contributed by atoms with van der Waals surface area (Å²) >= 11 is 0. The first-order chi connectivity index (χ1) is 13.8. The van der Waals surface area contributed by atoms with Crippen molar-refractivity contribution in [2.24, 2.45) is 0 Å². The molecule has 0 saturated carbocycles. The number of anilines is 1. The average Bonchev–Trinajstić information content (AvgIpc) is 2.92. The second-order valence-corrected chi connectivity index (χ2v) is 7.35. The fourth-order valence-electron chi connectivity index (χ4n) is 4.08. The molecule has 1 aromatic carbocycles. The number of rotatable bonds is 2. The molecule has 1 fully saturated rings. The maximum atomic E-state index is 13.0. The summed E-state index contributed by atoms with van der Waals surface area (Å²) in [5, 5.41) is 11.5. The van der Waals surface area contributed by atoms with Gasteiger partial charge in [-0.3, -0.25) is 19.7 Å². The van der Waals surface area contributed by atoms with Crippen molar-refractivity contribution < 1.29 is 14.4 Å². The molecule has 3 N–H and O–H groups in total. The number of aryl methyl sites for hydroxylation is 1. The van der Waals surface area contributed by atoms with Gasteiger partial charge in [0, 0.05) is 17.5 Å².